The number of carbonyl (C=O) groups excluding carboxylic acids is 1. The van der Waals surface area contributed by atoms with Crippen molar-refractivity contribution in [3.63, 3.8) is 0 Å². The van der Waals surface area contributed by atoms with Crippen molar-refractivity contribution in [3.8, 4) is 5.75 Å². The Morgan fingerprint density at radius 3 is 2.79 bits per heavy atom. The molecule has 7 nitrogen and oxygen atoms in total. The molecule has 0 saturated carbocycles. The number of hydrogen-bond donors (Lipinski definition) is 1. The predicted octanol–water partition coefficient (Wildman–Crippen LogP) is 1.21. The first-order valence-electron chi connectivity index (χ1n) is 7.44. The number of nitrogens with zero attached hydrogens (tertiary/aromatic N) is 3. The Morgan fingerprint density at radius 2 is 2.04 bits per heavy atom. The van der Waals surface area contributed by atoms with Crippen LogP contribution in [0.3, 0.4) is 0 Å². The Morgan fingerprint density at radius 1 is 1.29 bits per heavy atom. The lowest BCUT2D eigenvalue weighted by molar-refractivity contribution is 0.0949. The maximum absolute atomic E-state index is 12.5. The maximum atomic E-state index is 12.5. The summed E-state index contributed by atoms with van der Waals surface area (Å²) in [7, 11) is 5.11. The zero-order valence-corrected chi connectivity index (χ0v) is 13.7. The molecule has 0 radical (unpaired) electrons. The van der Waals surface area contributed by atoms with Crippen molar-refractivity contribution in [2.45, 2.75) is 6.54 Å². The number of pyridine rings is 1. The number of fused-ring (bicyclic) bond motifs is 1. The highest BCUT2D eigenvalue weighted by atomic mass is 16.5. The van der Waals surface area contributed by atoms with Crippen molar-refractivity contribution in [1.29, 1.82) is 0 Å². The van der Waals surface area contributed by atoms with Crippen LogP contribution in [0.1, 0.15) is 15.9 Å². The lowest BCUT2D eigenvalue weighted by Gasteiger charge is -2.10. The average molecular weight is 326 g/mol. The summed E-state index contributed by atoms with van der Waals surface area (Å²) in [6.45, 7) is 0.275. The molecular formula is C17H18N4O3. The van der Waals surface area contributed by atoms with Crippen molar-refractivity contribution in [1.82, 2.24) is 19.7 Å². The molecule has 1 aromatic carbocycles. The molecular weight excluding hydrogens is 308 g/mol. The molecule has 0 aliphatic carbocycles. The molecule has 0 aliphatic heterocycles. The lowest BCUT2D eigenvalue weighted by Crippen LogP contribution is -2.29. The van der Waals surface area contributed by atoms with Gasteiger partial charge in [-0.15, -0.1) is 0 Å². The van der Waals surface area contributed by atoms with Gasteiger partial charge in [0.25, 0.3) is 5.91 Å². The number of benzene rings is 1. The summed E-state index contributed by atoms with van der Waals surface area (Å²) in [6.07, 6.45) is 3.01. The standard InChI is InChI=1S/C17H18N4O3/c1-20-10-13(15(22)12-9-19-21(2)17(12)20)16(23)18-8-11-6-4-5-7-14(11)24-3/h4-7,9-10H,8H2,1-3H3,(H,18,23). The first-order chi connectivity index (χ1) is 11.5. The largest absolute Gasteiger partial charge is 0.496 e. The minimum absolute atomic E-state index is 0.0906. The smallest absolute Gasteiger partial charge is 0.257 e. The van der Waals surface area contributed by atoms with Gasteiger partial charge >= 0.3 is 0 Å². The molecule has 0 aliphatic rings. The number of carbonyl (C=O) groups is 1. The first kappa shape index (κ1) is 15.8. The van der Waals surface area contributed by atoms with Crippen LogP contribution in [0, 0.1) is 0 Å². The van der Waals surface area contributed by atoms with Gasteiger partial charge in [0.15, 0.2) is 0 Å². The highest BCUT2D eigenvalue weighted by molar-refractivity contribution is 5.96. The molecule has 2 heterocycles. The molecule has 1 amide bonds. The SMILES string of the molecule is COc1ccccc1CNC(=O)c1cn(C)c2c(cnn2C)c1=O. The fourth-order valence-electron chi connectivity index (χ4n) is 2.75. The quantitative estimate of drug-likeness (QED) is 0.782. The lowest BCUT2D eigenvalue weighted by atomic mass is 10.1. The molecule has 0 unspecified atom stereocenters. The second kappa shape index (κ2) is 6.19. The molecule has 0 saturated heterocycles. The third-order valence-corrected chi connectivity index (χ3v) is 3.93. The zero-order chi connectivity index (χ0) is 17.3. The van der Waals surface area contributed by atoms with E-state index in [2.05, 4.69) is 10.4 Å². The Kier molecular flexibility index (Phi) is 4.07. The molecule has 124 valence electrons. The van der Waals surface area contributed by atoms with Crippen LogP contribution in [0.25, 0.3) is 11.0 Å². The number of aryl methyl sites for hydroxylation is 2. The third-order valence-electron chi connectivity index (χ3n) is 3.93. The van der Waals surface area contributed by atoms with Gasteiger partial charge in [-0.25, -0.2) is 0 Å². The summed E-state index contributed by atoms with van der Waals surface area (Å²) in [5.74, 6) is 0.265. The van der Waals surface area contributed by atoms with Crippen LogP contribution in [0.4, 0.5) is 0 Å². The summed E-state index contributed by atoms with van der Waals surface area (Å²) in [5.41, 5.74) is 1.27. The molecule has 0 fully saturated rings. The van der Waals surface area contributed by atoms with Crippen LogP contribution >= 0.6 is 0 Å². The summed E-state index contributed by atoms with van der Waals surface area (Å²) in [5, 5.41) is 7.27. The van der Waals surface area contributed by atoms with Gasteiger partial charge in [-0.1, -0.05) is 18.2 Å². The fraction of sp³-hybridized carbons (Fsp3) is 0.235. The van der Waals surface area contributed by atoms with Crippen LogP contribution in [0.2, 0.25) is 0 Å². The highest BCUT2D eigenvalue weighted by Gasteiger charge is 2.17. The van der Waals surface area contributed by atoms with Crippen LogP contribution in [-0.4, -0.2) is 27.4 Å². The van der Waals surface area contributed by atoms with E-state index in [0.717, 1.165) is 5.56 Å². The van der Waals surface area contributed by atoms with Gasteiger partial charge < -0.3 is 14.6 Å². The van der Waals surface area contributed by atoms with Crippen LogP contribution in [0.15, 0.2) is 41.5 Å². The number of nitrogens with one attached hydrogen (secondary N) is 1. The summed E-state index contributed by atoms with van der Waals surface area (Å²) in [6, 6.07) is 7.41. The molecule has 7 heteroatoms. The molecule has 3 rings (SSSR count). The number of ether oxygens (including phenoxy) is 1. The topological polar surface area (TPSA) is 78.2 Å². The van der Waals surface area contributed by atoms with Crippen LogP contribution in [-0.2, 0) is 20.6 Å². The molecule has 3 aromatic rings. The minimum Gasteiger partial charge on any atom is -0.496 e. The first-order valence-corrected chi connectivity index (χ1v) is 7.44. The van der Waals surface area contributed by atoms with E-state index >= 15 is 0 Å². The maximum Gasteiger partial charge on any atom is 0.257 e. The predicted molar refractivity (Wildman–Crippen MR) is 90.1 cm³/mol. The molecule has 24 heavy (non-hydrogen) atoms. The Labute approximate surface area is 138 Å². The van der Waals surface area contributed by atoms with E-state index in [1.807, 2.05) is 24.3 Å². The van der Waals surface area contributed by atoms with Gasteiger partial charge in [0.2, 0.25) is 5.43 Å². The number of aromatic nitrogens is 3. The van der Waals surface area contributed by atoms with E-state index in [1.54, 1.807) is 30.5 Å². The van der Waals surface area contributed by atoms with Gasteiger partial charge in [0.1, 0.15) is 17.0 Å². The van der Waals surface area contributed by atoms with Gasteiger partial charge in [-0.05, 0) is 6.07 Å². The summed E-state index contributed by atoms with van der Waals surface area (Å²) in [4.78, 5) is 25.0. The van der Waals surface area contributed by atoms with Crippen molar-refractivity contribution >= 4 is 16.9 Å². The number of amides is 1. The summed E-state index contributed by atoms with van der Waals surface area (Å²) < 4.78 is 8.59. The number of rotatable bonds is 4. The van der Waals surface area contributed by atoms with E-state index in [9.17, 15) is 9.59 Å². The van der Waals surface area contributed by atoms with E-state index in [-0.39, 0.29) is 17.5 Å². The Hall–Kier alpha value is -3.09. The van der Waals surface area contributed by atoms with Gasteiger partial charge in [-0.3, -0.25) is 14.3 Å². The molecule has 0 atom stereocenters. The average Bonchev–Trinajstić information content (AvgIpc) is 2.98. The van der Waals surface area contributed by atoms with Crippen molar-refractivity contribution in [3.05, 3.63) is 58.0 Å². The van der Waals surface area contributed by atoms with Crippen molar-refractivity contribution in [2.24, 2.45) is 14.1 Å². The van der Waals surface area contributed by atoms with E-state index in [1.165, 1.54) is 12.4 Å². The van der Waals surface area contributed by atoms with Gasteiger partial charge in [0.05, 0.1) is 18.7 Å². The third kappa shape index (κ3) is 2.64. The molecule has 0 bridgehead atoms. The minimum atomic E-state index is -0.424. The van der Waals surface area contributed by atoms with Crippen LogP contribution < -0.4 is 15.5 Å². The monoisotopic (exact) mass is 326 g/mol. The number of methoxy groups -OCH3 is 1. The highest BCUT2D eigenvalue weighted by Crippen LogP contribution is 2.17. The van der Waals surface area contributed by atoms with Crippen molar-refractivity contribution in [2.75, 3.05) is 7.11 Å². The zero-order valence-electron chi connectivity index (χ0n) is 13.7. The van der Waals surface area contributed by atoms with Crippen LogP contribution in [0.5, 0.6) is 5.75 Å². The Balaban J connectivity index is 1.89. The van der Waals surface area contributed by atoms with Gasteiger partial charge in [0, 0.05) is 32.4 Å². The van der Waals surface area contributed by atoms with Gasteiger partial charge in [-0.2, -0.15) is 5.10 Å². The summed E-state index contributed by atoms with van der Waals surface area (Å²) >= 11 is 0. The molecule has 1 N–H and O–H groups in total. The van der Waals surface area contributed by atoms with Crippen molar-refractivity contribution < 1.29 is 9.53 Å². The molecule has 0 spiro atoms. The Bertz CT molecular complexity index is 972. The normalized spacial score (nSPS) is 10.8. The van der Waals surface area contributed by atoms with E-state index in [4.69, 9.17) is 4.74 Å². The second-order valence-electron chi connectivity index (χ2n) is 5.48. The number of hydrogen-bond acceptors (Lipinski definition) is 4. The van der Waals surface area contributed by atoms with E-state index < -0.39 is 5.91 Å². The number of para-hydroxylation sites is 1. The second-order valence-corrected chi connectivity index (χ2v) is 5.48. The van der Waals surface area contributed by atoms with E-state index in [0.29, 0.717) is 16.8 Å². The fourth-order valence-corrected chi connectivity index (χ4v) is 2.75. The molecule has 2 aromatic heterocycles.